The van der Waals surface area contributed by atoms with Crippen LogP contribution in [0.3, 0.4) is 0 Å². The SMILES string of the molecule is CCCc1nc(-c2ccc(-c3ccc(CCC(N)(CO)CO)cc3)cc2)co1. The highest BCUT2D eigenvalue weighted by atomic mass is 16.3. The fourth-order valence-corrected chi connectivity index (χ4v) is 3.07. The summed E-state index contributed by atoms with van der Waals surface area (Å²) < 4.78 is 5.50. The van der Waals surface area contributed by atoms with Gasteiger partial charge in [0.15, 0.2) is 5.89 Å². The third kappa shape index (κ3) is 4.87. The van der Waals surface area contributed by atoms with Gasteiger partial charge in [0.2, 0.25) is 0 Å². The maximum atomic E-state index is 9.29. The molecule has 0 aliphatic rings. The van der Waals surface area contributed by atoms with Crippen molar-refractivity contribution in [1.29, 1.82) is 0 Å². The van der Waals surface area contributed by atoms with Gasteiger partial charge in [0.1, 0.15) is 12.0 Å². The smallest absolute Gasteiger partial charge is 0.194 e. The number of hydrogen-bond donors (Lipinski definition) is 3. The van der Waals surface area contributed by atoms with Gasteiger partial charge in [-0.2, -0.15) is 0 Å². The van der Waals surface area contributed by atoms with Gasteiger partial charge in [-0.25, -0.2) is 4.98 Å². The van der Waals surface area contributed by atoms with E-state index in [-0.39, 0.29) is 13.2 Å². The maximum Gasteiger partial charge on any atom is 0.194 e. The van der Waals surface area contributed by atoms with Crippen molar-refractivity contribution in [2.75, 3.05) is 13.2 Å². The predicted molar refractivity (Wildman–Crippen MR) is 111 cm³/mol. The van der Waals surface area contributed by atoms with Crippen LogP contribution in [0.5, 0.6) is 0 Å². The molecule has 3 rings (SSSR count). The van der Waals surface area contributed by atoms with Gasteiger partial charge >= 0.3 is 0 Å². The molecule has 3 aromatic rings. The predicted octanol–water partition coefficient (Wildman–Crippen LogP) is 3.58. The number of aliphatic hydroxyl groups excluding tert-OH is 2. The minimum Gasteiger partial charge on any atom is -0.448 e. The topological polar surface area (TPSA) is 92.5 Å². The van der Waals surface area contributed by atoms with E-state index in [2.05, 4.69) is 60.4 Å². The molecule has 0 bridgehead atoms. The van der Waals surface area contributed by atoms with E-state index < -0.39 is 5.54 Å². The number of nitrogens with two attached hydrogens (primary N) is 1. The summed E-state index contributed by atoms with van der Waals surface area (Å²) in [5, 5.41) is 18.6. The Kier molecular flexibility index (Phi) is 6.62. The average molecular weight is 380 g/mol. The third-order valence-electron chi connectivity index (χ3n) is 5.02. The molecule has 5 heteroatoms. The summed E-state index contributed by atoms with van der Waals surface area (Å²) in [6, 6.07) is 16.6. The van der Waals surface area contributed by atoms with E-state index in [1.807, 2.05) is 0 Å². The Labute approximate surface area is 165 Å². The van der Waals surface area contributed by atoms with Crippen molar-refractivity contribution >= 4 is 0 Å². The number of aryl methyl sites for hydroxylation is 2. The van der Waals surface area contributed by atoms with Crippen molar-refractivity contribution in [3.8, 4) is 22.4 Å². The number of benzene rings is 2. The molecule has 0 amide bonds. The highest BCUT2D eigenvalue weighted by Gasteiger charge is 2.22. The normalized spacial score (nSPS) is 11.7. The number of oxazole rings is 1. The van der Waals surface area contributed by atoms with E-state index in [9.17, 15) is 10.2 Å². The number of aromatic nitrogens is 1. The second-order valence-electron chi connectivity index (χ2n) is 7.33. The van der Waals surface area contributed by atoms with Crippen molar-refractivity contribution in [3.63, 3.8) is 0 Å². The molecule has 0 fully saturated rings. The van der Waals surface area contributed by atoms with E-state index in [1.165, 1.54) is 0 Å². The highest BCUT2D eigenvalue weighted by molar-refractivity contribution is 5.68. The highest BCUT2D eigenvalue weighted by Crippen LogP contribution is 2.25. The molecule has 28 heavy (non-hydrogen) atoms. The quantitative estimate of drug-likeness (QED) is 0.528. The molecule has 2 aromatic carbocycles. The summed E-state index contributed by atoms with van der Waals surface area (Å²) in [4.78, 5) is 4.53. The van der Waals surface area contributed by atoms with Crippen LogP contribution in [0, 0.1) is 0 Å². The van der Waals surface area contributed by atoms with Gasteiger partial charge in [-0.1, -0.05) is 55.5 Å². The summed E-state index contributed by atoms with van der Waals surface area (Å²) in [6.45, 7) is 1.66. The molecule has 1 aromatic heterocycles. The van der Waals surface area contributed by atoms with Gasteiger partial charge in [-0.3, -0.25) is 0 Å². The van der Waals surface area contributed by atoms with Gasteiger partial charge in [-0.05, 0) is 36.0 Å². The van der Waals surface area contributed by atoms with Crippen molar-refractivity contribution in [2.45, 2.75) is 38.1 Å². The number of aliphatic hydroxyl groups is 2. The summed E-state index contributed by atoms with van der Waals surface area (Å²) >= 11 is 0. The van der Waals surface area contributed by atoms with Crippen molar-refractivity contribution in [2.24, 2.45) is 5.73 Å². The molecule has 1 heterocycles. The van der Waals surface area contributed by atoms with E-state index in [0.717, 1.165) is 46.7 Å². The van der Waals surface area contributed by atoms with Gasteiger partial charge in [0.05, 0.1) is 18.8 Å². The Morgan fingerprint density at radius 3 is 2.04 bits per heavy atom. The lowest BCUT2D eigenvalue weighted by Crippen LogP contribution is -2.47. The van der Waals surface area contributed by atoms with Crippen molar-refractivity contribution in [1.82, 2.24) is 4.98 Å². The zero-order chi connectivity index (χ0) is 20.0. The van der Waals surface area contributed by atoms with Gasteiger partial charge in [-0.15, -0.1) is 0 Å². The molecule has 0 atom stereocenters. The summed E-state index contributed by atoms with van der Waals surface area (Å²) in [6.07, 6.45) is 4.83. The van der Waals surface area contributed by atoms with Crippen LogP contribution in [0.1, 0.15) is 31.2 Å². The maximum absolute atomic E-state index is 9.29. The fraction of sp³-hybridized carbons (Fsp3) is 0.348. The van der Waals surface area contributed by atoms with Crippen molar-refractivity contribution < 1.29 is 14.6 Å². The Morgan fingerprint density at radius 1 is 0.893 bits per heavy atom. The second kappa shape index (κ2) is 9.15. The molecule has 0 saturated carbocycles. The van der Waals surface area contributed by atoms with Gasteiger partial charge in [0.25, 0.3) is 0 Å². The van der Waals surface area contributed by atoms with Crippen LogP contribution in [0.15, 0.2) is 59.2 Å². The first-order valence-electron chi connectivity index (χ1n) is 9.71. The van der Waals surface area contributed by atoms with Crippen LogP contribution in [0.25, 0.3) is 22.4 Å². The molecule has 0 aliphatic carbocycles. The Balaban J connectivity index is 1.66. The molecule has 4 N–H and O–H groups in total. The second-order valence-corrected chi connectivity index (χ2v) is 7.33. The summed E-state index contributed by atoms with van der Waals surface area (Å²) in [5.41, 5.74) is 10.3. The number of nitrogens with zero attached hydrogens (tertiary/aromatic N) is 1. The standard InChI is InChI=1S/C23H28N2O3/c1-2-3-22-25-21(14-28-22)20-10-8-19(9-11-20)18-6-4-17(5-7-18)12-13-23(24,15-26)16-27/h4-11,14,26-27H,2-3,12-13,15-16,24H2,1H3. The van der Waals surface area contributed by atoms with Crippen LogP contribution in [0.2, 0.25) is 0 Å². The van der Waals surface area contributed by atoms with E-state index >= 15 is 0 Å². The first-order valence-corrected chi connectivity index (χ1v) is 9.71. The Bertz CT molecular complexity index is 866. The van der Waals surface area contributed by atoms with Crippen LogP contribution in [-0.2, 0) is 12.8 Å². The monoisotopic (exact) mass is 380 g/mol. The lowest BCUT2D eigenvalue weighted by atomic mass is 9.93. The molecule has 0 saturated heterocycles. The van der Waals surface area contributed by atoms with Gasteiger partial charge < -0.3 is 20.4 Å². The molecule has 5 nitrogen and oxygen atoms in total. The average Bonchev–Trinajstić information content (AvgIpc) is 3.21. The van der Waals surface area contributed by atoms with E-state index in [0.29, 0.717) is 12.8 Å². The molecular weight excluding hydrogens is 352 g/mol. The molecule has 148 valence electrons. The summed E-state index contributed by atoms with van der Waals surface area (Å²) in [7, 11) is 0. The third-order valence-corrected chi connectivity index (χ3v) is 5.02. The molecule has 0 radical (unpaired) electrons. The minimum atomic E-state index is -0.924. The number of rotatable bonds is 9. The Hall–Kier alpha value is -2.47. The molecule has 0 aliphatic heterocycles. The van der Waals surface area contributed by atoms with E-state index in [1.54, 1.807) is 6.26 Å². The molecule has 0 spiro atoms. The molecular formula is C23H28N2O3. The van der Waals surface area contributed by atoms with Crippen LogP contribution >= 0.6 is 0 Å². The van der Waals surface area contributed by atoms with Gasteiger partial charge in [0, 0.05) is 12.0 Å². The summed E-state index contributed by atoms with van der Waals surface area (Å²) in [5.74, 6) is 0.779. The van der Waals surface area contributed by atoms with Crippen LogP contribution in [-0.4, -0.2) is 33.9 Å². The zero-order valence-electron chi connectivity index (χ0n) is 16.3. The van der Waals surface area contributed by atoms with Crippen LogP contribution in [0.4, 0.5) is 0 Å². The first kappa shape index (κ1) is 20.3. The largest absolute Gasteiger partial charge is 0.448 e. The van der Waals surface area contributed by atoms with Crippen molar-refractivity contribution in [3.05, 3.63) is 66.2 Å². The zero-order valence-corrected chi connectivity index (χ0v) is 16.3. The first-order chi connectivity index (χ1) is 13.6. The number of hydrogen-bond acceptors (Lipinski definition) is 5. The lowest BCUT2D eigenvalue weighted by Gasteiger charge is -2.24. The van der Waals surface area contributed by atoms with E-state index in [4.69, 9.17) is 10.2 Å². The van der Waals surface area contributed by atoms with Crippen LogP contribution < -0.4 is 5.73 Å². The molecule has 0 unspecified atom stereocenters. The minimum absolute atomic E-state index is 0.223. The Morgan fingerprint density at radius 2 is 1.46 bits per heavy atom. The lowest BCUT2D eigenvalue weighted by molar-refractivity contribution is 0.115. The fourth-order valence-electron chi connectivity index (χ4n) is 3.07.